The van der Waals surface area contributed by atoms with Crippen LogP contribution in [0.1, 0.15) is 6.42 Å². The maximum absolute atomic E-state index is 12.2. The fourth-order valence-electron chi connectivity index (χ4n) is 2.19. The van der Waals surface area contributed by atoms with Crippen molar-refractivity contribution in [3.63, 3.8) is 0 Å². The second kappa shape index (κ2) is 6.41. The third kappa shape index (κ3) is 3.41. The van der Waals surface area contributed by atoms with Crippen LogP contribution in [0.15, 0.2) is 35.3 Å². The first-order valence-corrected chi connectivity index (χ1v) is 6.70. The number of pyridine rings is 1. The highest BCUT2D eigenvalue weighted by atomic mass is 16.4. The molecule has 2 N–H and O–H groups in total. The second-order valence-corrected chi connectivity index (χ2v) is 4.87. The molecule has 1 heterocycles. The van der Waals surface area contributed by atoms with E-state index in [1.54, 1.807) is 18.3 Å². The molecule has 6 heteroatoms. The Balaban J connectivity index is 2.32. The number of aromatic nitrogens is 1. The second-order valence-electron chi connectivity index (χ2n) is 4.87. The maximum Gasteiger partial charge on any atom is 0.305 e. The summed E-state index contributed by atoms with van der Waals surface area (Å²) in [7, 11) is 1.82. The lowest BCUT2D eigenvalue weighted by molar-refractivity contribution is -0.136. The number of benzene rings is 1. The van der Waals surface area contributed by atoms with Gasteiger partial charge in [0.1, 0.15) is 0 Å². The highest BCUT2D eigenvalue weighted by Gasteiger charge is 2.07. The average Bonchev–Trinajstić information content (AvgIpc) is 2.47. The molecule has 0 spiro atoms. The molecule has 0 bridgehead atoms. The third-order valence-electron chi connectivity index (χ3n) is 3.40. The van der Waals surface area contributed by atoms with Gasteiger partial charge in [-0.15, -0.1) is 0 Å². The number of aliphatic hydroxyl groups excluding tert-OH is 1. The molecule has 0 saturated carbocycles. The number of hydrogen-bond donors (Lipinski definition) is 2. The van der Waals surface area contributed by atoms with Gasteiger partial charge in [-0.25, -0.2) is 0 Å². The number of carbonyl (C=O) groups is 1. The summed E-state index contributed by atoms with van der Waals surface area (Å²) in [5.74, 6) is -0.838. The number of aliphatic hydroxyl groups is 1. The zero-order chi connectivity index (χ0) is 15.4. The molecule has 0 aliphatic rings. The van der Waals surface area contributed by atoms with Gasteiger partial charge in [0.2, 0.25) is 0 Å². The molecule has 0 fully saturated rings. The van der Waals surface area contributed by atoms with E-state index in [0.717, 1.165) is 11.1 Å². The van der Waals surface area contributed by atoms with Crippen LogP contribution in [0.25, 0.3) is 10.8 Å². The number of nitrogens with zero attached hydrogens (tertiary/aromatic N) is 2. The Bertz CT molecular complexity index is 708. The molecule has 0 saturated heterocycles. The molecule has 0 unspecified atom stereocenters. The van der Waals surface area contributed by atoms with Gasteiger partial charge in [-0.2, -0.15) is 0 Å². The van der Waals surface area contributed by atoms with E-state index < -0.39 is 5.97 Å². The number of anilines is 1. The monoisotopic (exact) mass is 290 g/mol. The summed E-state index contributed by atoms with van der Waals surface area (Å²) in [6, 6.07) is 7.22. The minimum Gasteiger partial charge on any atom is -0.481 e. The van der Waals surface area contributed by atoms with Crippen LogP contribution in [0.4, 0.5) is 5.69 Å². The predicted molar refractivity (Wildman–Crippen MR) is 80.8 cm³/mol. The van der Waals surface area contributed by atoms with Crippen molar-refractivity contribution in [2.75, 3.05) is 25.1 Å². The average molecular weight is 290 g/mol. The summed E-state index contributed by atoms with van der Waals surface area (Å²) in [4.78, 5) is 24.6. The van der Waals surface area contributed by atoms with Gasteiger partial charge in [0.15, 0.2) is 0 Å². The van der Waals surface area contributed by atoms with E-state index in [1.165, 1.54) is 4.57 Å². The van der Waals surface area contributed by atoms with E-state index >= 15 is 0 Å². The van der Waals surface area contributed by atoms with Crippen molar-refractivity contribution in [2.45, 2.75) is 13.0 Å². The van der Waals surface area contributed by atoms with Crippen LogP contribution in [-0.4, -0.2) is 40.9 Å². The summed E-state index contributed by atoms with van der Waals surface area (Å²) in [6.45, 7) is 0.596. The summed E-state index contributed by atoms with van der Waals surface area (Å²) in [5.41, 5.74) is 0.726. The summed E-state index contributed by atoms with van der Waals surface area (Å²) >= 11 is 0. The number of rotatable bonds is 6. The number of carboxylic acids is 1. The number of aliphatic carboxylic acids is 1. The number of fused-ring (bicyclic) bond motifs is 1. The topological polar surface area (TPSA) is 82.8 Å². The first-order valence-electron chi connectivity index (χ1n) is 6.70. The summed E-state index contributed by atoms with van der Waals surface area (Å²) < 4.78 is 1.47. The van der Waals surface area contributed by atoms with E-state index in [4.69, 9.17) is 10.2 Å². The molecule has 6 nitrogen and oxygen atoms in total. The van der Waals surface area contributed by atoms with Crippen molar-refractivity contribution >= 4 is 22.4 Å². The normalized spacial score (nSPS) is 10.8. The predicted octanol–water partition coefficient (Wildman–Crippen LogP) is 0.905. The summed E-state index contributed by atoms with van der Waals surface area (Å²) in [5, 5.41) is 19.0. The molecule has 2 rings (SSSR count). The quantitative estimate of drug-likeness (QED) is 0.826. The molecule has 0 atom stereocenters. The van der Waals surface area contributed by atoms with Gasteiger partial charge in [0, 0.05) is 37.4 Å². The molecule has 112 valence electrons. The van der Waals surface area contributed by atoms with E-state index in [0.29, 0.717) is 11.9 Å². The molecule has 1 aromatic carbocycles. The van der Waals surface area contributed by atoms with E-state index in [9.17, 15) is 9.59 Å². The van der Waals surface area contributed by atoms with Gasteiger partial charge in [0.25, 0.3) is 5.56 Å². The van der Waals surface area contributed by atoms with E-state index in [1.807, 2.05) is 24.1 Å². The van der Waals surface area contributed by atoms with Crippen molar-refractivity contribution in [1.29, 1.82) is 0 Å². The van der Waals surface area contributed by atoms with Crippen molar-refractivity contribution in [3.05, 3.63) is 40.8 Å². The smallest absolute Gasteiger partial charge is 0.305 e. The standard InChI is InChI=1S/C15H18N2O4/c1-16(6-5-14(19)20)12-2-3-13-11(10-12)4-7-17(8-9-18)15(13)21/h2-4,7,10,18H,5-6,8-9H2,1H3,(H,19,20). The van der Waals surface area contributed by atoms with Crippen molar-refractivity contribution < 1.29 is 15.0 Å². The summed E-state index contributed by atoms with van der Waals surface area (Å²) in [6.07, 6.45) is 1.72. The molecular weight excluding hydrogens is 272 g/mol. The molecule has 1 aromatic heterocycles. The molecular formula is C15H18N2O4. The Morgan fingerprint density at radius 2 is 2.10 bits per heavy atom. The third-order valence-corrected chi connectivity index (χ3v) is 3.40. The van der Waals surface area contributed by atoms with Gasteiger partial charge < -0.3 is 19.7 Å². The van der Waals surface area contributed by atoms with Gasteiger partial charge in [-0.05, 0) is 29.7 Å². The van der Waals surface area contributed by atoms with Crippen LogP contribution in [-0.2, 0) is 11.3 Å². The van der Waals surface area contributed by atoms with E-state index in [2.05, 4.69) is 0 Å². The first kappa shape index (κ1) is 15.1. The molecule has 0 aliphatic carbocycles. The van der Waals surface area contributed by atoms with Gasteiger partial charge in [0.05, 0.1) is 13.0 Å². The molecule has 0 aliphatic heterocycles. The van der Waals surface area contributed by atoms with Crippen LogP contribution >= 0.6 is 0 Å². The fraction of sp³-hybridized carbons (Fsp3) is 0.333. The van der Waals surface area contributed by atoms with Crippen LogP contribution in [0.2, 0.25) is 0 Å². The largest absolute Gasteiger partial charge is 0.481 e. The van der Waals surface area contributed by atoms with Crippen molar-refractivity contribution in [1.82, 2.24) is 4.57 Å². The Morgan fingerprint density at radius 1 is 1.33 bits per heavy atom. The van der Waals surface area contributed by atoms with Gasteiger partial charge in [-0.1, -0.05) is 0 Å². The number of carboxylic acid groups (broad SMARTS) is 1. The lowest BCUT2D eigenvalue weighted by atomic mass is 10.1. The minimum absolute atomic E-state index is 0.0621. The molecule has 0 radical (unpaired) electrons. The fourth-order valence-corrected chi connectivity index (χ4v) is 2.19. The molecule has 0 amide bonds. The van der Waals surface area contributed by atoms with Gasteiger partial charge in [-0.3, -0.25) is 9.59 Å². The van der Waals surface area contributed by atoms with Gasteiger partial charge >= 0.3 is 5.97 Å². The maximum atomic E-state index is 12.2. The van der Waals surface area contributed by atoms with Crippen LogP contribution in [0.3, 0.4) is 0 Å². The Hall–Kier alpha value is -2.34. The minimum atomic E-state index is -0.838. The molecule has 21 heavy (non-hydrogen) atoms. The zero-order valence-corrected chi connectivity index (χ0v) is 11.8. The highest BCUT2D eigenvalue weighted by Crippen LogP contribution is 2.19. The Morgan fingerprint density at radius 3 is 2.76 bits per heavy atom. The Labute approximate surface area is 121 Å². The molecule has 2 aromatic rings. The van der Waals surface area contributed by atoms with E-state index in [-0.39, 0.29) is 25.1 Å². The lowest BCUT2D eigenvalue weighted by Gasteiger charge is -2.18. The van der Waals surface area contributed by atoms with Crippen molar-refractivity contribution in [2.24, 2.45) is 0 Å². The van der Waals surface area contributed by atoms with Crippen LogP contribution in [0, 0.1) is 0 Å². The van der Waals surface area contributed by atoms with Crippen molar-refractivity contribution in [3.8, 4) is 0 Å². The van der Waals surface area contributed by atoms with Crippen LogP contribution in [0.5, 0.6) is 0 Å². The van der Waals surface area contributed by atoms with Crippen LogP contribution < -0.4 is 10.5 Å². The zero-order valence-electron chi connectivity index (χ0n) is 11.8. The lowest BCUT2D eigenvalue weighted by Crippen LogP contribution is -2.22. The SMILES string of the molecule is CN(CCC(=O)O)c1ccc2c(=O)n(CCO)ccc2c1. The number of hydrogen-bond acceptors (Lipinski definition) is 4. The highest BCUT2D eigenvalue weighted by molar-refractivity contribution is 5.85. The first-order chi connectivity index (χ1) is 10.0. The Kier molecular flexibility index (Phi) is 4.59.